The van der Waals surface area contributed by atoms with Crippen LogP contribution in [0.25, 0.3) is 11.6 Å². The molecule has 160 valence electrons. The summed E-state index contributed by atoms with van der Waals surface area (Å²) in [6.07, 6.45) is 8.75. The van der Waals surface area contributed by atoms with E-state index >= 15 is 0 Å². The molecule has 4 heterocycles. The van der Waals surface area contributed by atoms with Gasteiger partial charge in [0, 0.05) is 37.6 Å². The van der Waals surface area contributed by atoms with E-state index < -0.39 is 0 Å². The Labute approximate surface area is 189 Å². The number of aliphatic imine (C=N–C) groups is 1. The summed E-state index contributed by atoms with van der Waals surface area (Å²) >= 11 is 0. The van der Waals surface area contributed by atoms with E-state index in [9.17, 15) is 0 Å². The van der Waals surface area contributed by atoms with Crippen molar-refractivity contribution < 1.29 is 4.42 Å². The highest BCUT2D eigenvalue weighted by Crippen LogP contribution is 2.32. The van der Waals surface area contributed by atoms with Crippen molar-refractivity contribution in [3.8, 4) is 11.6 Å². The summed E-state index contributed by atoms with van der Waals surface area (Å²) < 4.78 is 5.33. The van der Waals surface area contributed by atoms with E-state index in [0.29, 0.717) is 42.7 Å². The zero-order valence-corrected chi connectivity index (χ0v) is 19.6. The van der Waals surface area contributed by atoms with Crippen molar-refractivity contribution >= 4 is 29.9 Å². The molecule has 4 rings (SSSR count). The topological polar surface area (TPSA) is 94.4 Å². The van der Waals surface area contributed by atoms with E-state index in [1.54, 1.807) is 6.26 Å². The Balaban J connectivity index is 0.00000240. The molecule has 2 aliphatic heterocycles. The zero-order chi connectivity index (χ0) is 19.3. The quantitative estimate of drug-likeness (QED) is 0.313. The van der Waals surface area contributed by atoms with Gasteiger partial charge < -0.3 is 20.0 Å². The van der Waals surface area contributed by atoms with Crippen LogP contribution < -0.4 is 10.6 Å². The lowest BCUT2D eigenvalue weighted by Crippen LogP contribution is -2.56. The van der Waals surface area contributed by atoms with Crippen LogP contribution in [0, 0.1) is 0 Å². The lowest BCUT2D eigenvalue weighted by Gasteiger charge is -2.47. The molecule has 2 atom stereocenters. The van der Waals surface area contributed by atoms with Gasteiger partial charge in [-0.2, -0.15) is 5.10 Å². The van der Waals surface area contributed by atoms with Gasteiger partial charge in [0.05, 0.1) is 6.26 Å². The summed E-state index contributed by atoms with van der Waals surface area (Å²) in [6, 6.07) is 5.61. The molecule has 0 aliphatic carbocycles. The van der Waals surface area contributed by atoms with Gasteiger partial charge in [-0.3, -0.25) is 10.1 Å². The second kappa shape index (κ2) is 10.4. The third kappa shape index (κ3) is 5.50. The van der Waals surface area contributed by atoms with Crippen molar-refractivity contribution in [3.63, 3.8) is 0 Å². The number of hydrogen-bond donors (Lipinski definition) is 3. The third-order valence-corrected chi connectivity index (χ3v) is 5.92. The lowest BCUT2D eigenvalue weighted by atomic mass is 9.82. The summed E-state index contributed by atoms with van der Waals surface area (Å²) in [5.74, 6) is 2.99. The Kier molecular flexibility index (Phi) is 7.93. The summed E-state index contributed by atoms with van der Waals surface area (Å²) in [4.78, 5) is 11.8. The Morgan fingerprint density at radius 1 is 1.34 bits per heavy atom. The average Bonchev–Trinajstić information content (AvgIpc) is 3.34. The molecular formula is C20H32IN7O. The van der Waals surface area contributed by atoms with Crippen molar-refractivity contribution in [1.82, 2.24) is 30.7 Å². The number of furan rings is 1. The SMILES string of the molecule is CCNC(=NCCc1nc(-c2ccco2)n[nH]1)NC1CC2CCCC(C1)N2C.I. The minimum absolute atomic E-state index is 0. The van der Waals surface area contributed by atoms with Crippen LogP contribution >= 0.6 is 24.0 Å². The second-order valence-corrected chi connectivity index (χ2v) is 7.81. The fraction of sp³-hybridized carbons (Fsp3) is 0.650. The Bertz CT molecular complexity index is 762. The van der Waals surface area contributed by atoms with Gasteiger partial charge in [-0.05, 0) is 51.8 Å². The number of nitrogens with one attached hydrogen (secondary N) is 3. The molecule has 2 aliphatic rings. The number of aromatic amines is 1. The van der Waals surface area contributed by atoms with E-state index in [0.717, 1.165) is 18.3 Å². The molecule has 0 aromatic carbocycles. The van der Waals surface area contributed by atoms with E-state index in [-0.39, 0.29) is 24.0 Å². The molecule has 2 fully saturated rings. The van der Waals surface area contributed by atoms with Crippen LogP contribution in [0.1, 0.15) is 44.9 Å². The van der Waals surface area contributed by atoms with Gasteiger partial charge in [0.15, 0.2) is 11.7 Å². The number of nitrogens with zero attached hydrogens (tertiary/aromatic N) is 4. The van der Waals surface area contributed by atoms with Gasteiger partial charge in [0.25, 0.3) is 0 Å². The van der Waals surface area contributed by atoms with Crippen molar-refractivity contribution in [2.45, 2.75) is 63.6 Å². The first kappa shape index (κ1) is 22.1. The van der Waals surface area contributed by atoms with E-state index in [1.807, 2.05) is 12.1 Å². The third-order valence-electron chi connectivity index (χ3n) is 5.92. The molecule has 0 spiro atoms. The first-order valence-corrected chi connectivity index (χ1v) is 10.4. The van der Waals surface area contributed by atoms with E-state index in [2.05, 4.69) is 44.7 Å². The number of guanidine groups is 1. The van der Waals surface area contributed by atoms with Crippen LogP contribution in [0.5, 0.6) is 0 Å². The number of H-pyrrole nitrogens is 1. The standard InChI is InChI=1S/C20H31N7O.HI/c1-3-21-20(23-14-12-15-6-4-7-16(13-14)27(15)2)22-10-9-18-24-19(26-25-18)17-8-5-11-28-17;/h5,8,11,14-16H,3-4,6-7,9-10,12-13H2,1-2H3,(H2,21,22,23)(H,24,25,26);1H. The number of hydrogen-bond acceptors (Lipinski definition) is 5. The molecule has 2 bridgehead atoms. The molecule has 0 saturated carbocycles. The smallest absolute Gasteiger partial charge is 0.216 e. The van der Waals surface area contributed by atoms with Gasteiger partial charge in [-0.15, -0.1) is 24.0 Å². The molecule has 2 unspecified atom stereocenters. The number of aromatic nitrogens is 3. The fourth-order valence-electron chi connectivity index (χ4n) is 4.44. The summed E-state index contributed by atoms with van der Waals surface area (Å²) in [5.41, 5.74) is 0. The molecular weight excluding hydrogens is 481 g/mol. The predicted molar refractivity (Wildman–Crippen MR) is 125 cm³/mol. The molecule has 2 aromatic rings. The summed E-state index contributed by atoms with van der Waals surface area (Å²) in [6.45, 7) is 3.62. The molecule has 8 nitrogen and oxygen atoms in total. The molecule has 2 aromatic heterocycles. The Morgan fingerprint density at radius 2 is 2.14 bits per heavy atom. The monoisotopic (exact) mass is 513 g/mol. The average molecular weight is 513 g/mol. The van der Waals surface area contributed by atoms with Crippen LogP contribution in [0.4, 0.5) is 0 Å². The van der Waals surface area contributed by atoms with Crippen LogP contribution in [0.3, 0.4) is 0 Å². The zero-order valence-electron chi connectivity index (χ0n) is 17.2. The maximum atomic E-state index is 5.33. The van der Waals surface area contributed by atoms with Crippen molar-refractivity contribution in [3.05, 3.63) is 24.2 Å². The van der Waals surface area contributed by atoms with Gasteiger partial charge in [0.2, 0.25) is 5.82 Å². The van der Waals surface area contributed by atoms with Crippen LogP contribution in [0.15, 0.2) is 27.8 Å². The largest absolute Gasteiger partial charge is 0.461 e. The molecule has 2 saturated heterocycles. The van der Waals surface area contributed by atoms with Crippen LogP contribution in [0.2, 0.25) is 0 Å². The summed E-state index contributed by atoms with van der Waals surface area (Å²) in [5, 5.41) is 14.2. The Morgan fingerprint density at radius 3 is 2.83 bits per heavy atom. The first-order valence-electron chi connectivity index (χ1n) is 10.4. The fourth-order valence-corrected chi connectivity index (χ4v) is 4.44. The normalized spacial score (nSPS) is 24.8. The minimum atomic E-state index is 0. The van der Waals surface area contributed by atoms with Crippen LogP contribution in [-0.4, -0.2) is 64.3 Å². The molecule has 0 radical (unpaired) electrons. The molecule has 29 heavy (non-hydrogen) atoms. The minimum Gasteiger partial charge on any atom is -0.461 e. The van der Waals surface area contributed by atoms with E-state index in [1.165, 1.54) is 32.1 Å². The number of rotatable bonds is 6. The van der Waals surface area contributed by atoms with Crippen molar-refractivity contribution in [2.75, 3.05) is 20.1 Å². The molecule has 3 N–H and O–H groups in total. The van der Waals surface area contributed by atoms with Crippen molar-refractivity contribution in [1.29, 1.82) is 0 Å². The van der Waals surface area contributed by atoms with Crippen LogP contribution in [-0.2, 0) is 6.42 Å². The first-order chi connectivity index (χ1) is 13.7. The Hall–Kier alpha value is -1.62. The second-order valence-electron chi connectivity index (χ2n) is 7.81. The highest BCUT2D eigenvalue weighted by Gasteiger charge is 2.36. The van der Waals surface area contributed by atoms with Gasteiger partial charge >= 0.3 is 0 Å². The molecule has 9 heteroatoms. The number of piperidine rings is 2. The summed E-state index contributed by atoms with van der Waals surface area (Å²) in [7, 11) is 2.29. The lowest BCUT2D eigenvalue weighted by molar-refractivity contribution is 0.0526. The molecule has 0 amide bonds. The maximum Gasteiger partial charge on any atom is 0.216 e. The highest BCUT2D eigenvalue weighted by atomic mass is 127. The van der Waals surface area contributed by atoms with Gasteiger partial charge in [-0.25, -0.2) is 4.98 Å². The number of fused-ring (bicyclic) bond motifs is 2. The van der Waals surface area contributed by atoms with Crippen molar-refractivity contribution in [2.24, 2.45) is 4.99 Å². The predicted octanol–water partition coefficient (Wildman–Crippen LogP) is 2.80. The van der Waals surface area contributed by atoms with Gasteiger partial charge in [-0.1, -0.05) is 6.42 Å². The maximum absolute atomic E-state index is 5.33. The van der Waals surface area contributed by atoms with Gasteiger partial charge in [0.1, 0.15) is 5.82 Å². The highest BCUT2D eigenvalue weighted by molar-refractivity contribution is 14.0. The number of halogens is 1. The van der Waals surface area contributed by atoms with E-state index in [4.69, 9.17) is 9.41 Å².